The van der Waals surface area contributed by atoms with Gasteiger partial charge in [0.25, 0.3) is 0 Å². The van der Waals surface area contributed by atoms with Crippen LogP contribution in [0.3, 0.4) is 0 Å². The lowest BCUT2D eigenvalue weighted by Crippen LogP contribution is -2.50. The molecule has 2 aliphatic heterocycles. The van der Waals surface area contributed by atoms with Gasteiger partial charge in [-0.25, -0.2) is 0 Å². The first-order valence-corrected chi connectivity index (χ1v) is 4.80. The Morgan fingerprint density at radius 2 is 1.82 bits per heavy atom. The lowest BCUT2D eigenvalue weighted by atomic mass is 9.91. The molecule has 11 heavy (non-hydrogen) atoms. The summed E-state index contributed by atoms with van der Waals surface area (Å²) in [6.45, 7) is 2.45. The lowest BCUT2D eigenvalue weighted by molar-refractivity contribution is -0.00844. The molecule has 64 valence electrons. The van der Waals surface area contributed by atoms with E-state index in [1.165, 1.54) is 38.8 Å². The Bertz CT molecular complexity index is 136. The van der Waals surface area contributed by atoms with Crippen LogP contribution in [-0.2, 0) is 0 Å². The van der Waals surface area contributed by atoms with Crippen LogP contribution in [0.4, 0.5) is 0 Å². The van der Waals surface area contributed by atoms with Crippen molar-refractivity contribution in [3.05, 3.63) is 0 Å². The maximum absolute atomic E-state index is 9.66. The largest absolute Gasteiger partial charge is 0.391 e. The molecule has 0 aliphatic carbocycles. The first-order chi connectivity index (χ1) is 5.38. The van der Waals surface area contributed by atoms with Gasteiger partial charge in [-0.15, -0.1) is 0 Å². The highest BCUT2D eigenvalue weighted by atomic mass is 16.3. The van der Waals surface area contributed by atoms with Crippen molar-refractivity contribution >= 4 is 0 Å². The highest BCUT2D eigenvalue weighted by molar-refractivity contribution is 4.86. The van der Waals surface area contributed by atoms with Gasteiger partial charge >= 0.3 is 0 Å². The summed E-state index contributed by atoms with van der Waals surface area (Å²) in [5.74, 6) is 0. The second-order valence-corrected chi connectivity index (χ2v) is 3.81. The molecule has 2 rings (SSSR count). The van der Waals surface area contributed by atoms with E-state index in [4.69, 9.17) is 0 Å². The summed E-state index contributed by atoms with van der Waals surface area (Å²) in [5, 5.41) is 9.66. The number of piperidine rings is 2. The minimum atomic E-state index is -0.0240. The molecule has 0 aromatic rings. The fourth-order valence-corrected chi connectivity index (χ4v) is 2.43. The third-order valence-corrected chi connectivity index (χ3v) is 3.05. The normalized spacial score (nSPS) is 40.1. The second kappa shape index (κ2) is 3.11. The maximum atomic E-state index is 9.66. The Labute approximate surface area is 68.2 Å². The van der Waals surface area contributed by atoms with Gasteiger partial charge in [-0.1, -0.05) is 6.42 Å². The third-order valence-electron chi connectivity index (χ3n) is 3.05. The van der Waals surface area contributed by atoms with Crippen molar-refractivity contribution in [2.45, 2.75) is 44.2 Å². The fourth-order valence-electron chi connectivity index (χ4n) is 2.43. The van der Waals surface area contributed by atoms with Crippen molar-refractivity contribution in [2.24, 2.45) is 0 Å². The zero-order valence-corrected chi connectivity index (χ0v) is 7.00. The van der Waals surface area contributed by atoms with E-state index >= 15 is 0 Å². The van der Waals surface area contributed by atoms with Crippen LogP contribution in [-0.4, -0.2) is 35.2 Å². The predicted octanol–water partition coefficient (Wildman–Crippen LogP) is 0.996. The SMILES string of the molecule is O[C@@H]1CCCN2CCCC[C@@H]12. The summed E-state index contributed by atoms with van der Waals surface area (Å²) in [7, 11) is 0. The van der Waals surface area contributed by atoms with Crippen LogP contribution in [0.5, 0.6) is 0 Å². The molecule has 0 aromatic heterocycles. The molecule has 0 spiro atoms. The Morgan fingerprint density at radius 3 is 2.64 bits per heavy atom. The minimum Gasteiger partial charge on any atom is -0.391 e. The van der Waals surface area contributed by atoms with Crippen LogP contribution in [0.25, 0.3) is 0 Å². The van der Waals surface area contributed by atoms with Crippen molar-refractivity contribution < 1.29 is 5.11 Å². The summed E-state index contributed by atoms with van der Waals surface area (Å²) < 4.78 is 0. The maximum Gasteiger partial charge on any atom is 0.0695 e. The molecule has 0 aromatic carbocycles. The van der Waals surface area contributed by atoms with Crippen LogP contribution in [0.1, 0.15) is 32.1 Å². The van der Waals surface area contributed by atoms with Crippen molar-refractivity contribution in [1.82, 2.24) is 4.90 Å². The first kappa shape index (κ1) is 7.56. The highest BCUT2D eigenvalue weighted by Gasteiger charge is 2.31. The molecule has 0 bridgehead atoms. The lowest BCUT2D eigenvalue weighted by Gasteiger charge is -2.42. The molecule has 1 N–H and O–H groups in total. The Balaban J connectivity index is 1.99. The van der Waals surface area contributed by atoms with Crippen LogP contribution in [0.15, 0.2) is 0 Å². The quantitative estimate of drug-likeness (QED) is 0.564. The first-order valence-electron chi connectivity index (χ1n) is 4.80. The molecule has 2 atom stereocenters. The number of nitrogens with zero attached hydrogens (tertiary/aromatic N) is 1. The number of hydrogen-bond acceptors (Lipinski definition) is 2. The average molecular weight is 155 g/mol. The molecule has 2 nitrogen and oxygen atoms in total. The van der Waals surface area contributed by atoms with E-state index in [-0.39, 0.29) is 6.10 Å². The molecule has 0 amide bonds. The standard InChI is InChI=1S/C9H17NO/c11-9-5-3-7-10-6-2-1-4-8(9)10/h8-9,11H,1-7H2/t8-,9+/m0/s1. The summed E-state index contributed by atoms with van der Waals surface area (Å²) in [5.41, 5.74) is 0. The molecule has 2 heteroatoms. The van der Waals surface area contributed by atoms with E-state index in [0.717, 1.165) is 6.42 Å². The van der Waals surface area contributed by atoms with E-state index in [2.05, 4.69) is 4.90 Å². The van der Waals surface area contributed by atoms with Gasteiger partial charge in [0.15, 0.2) is 0 Å². The van der Waals surface area contributed by atoms with E-state index < -0.39 is 0 Å². The van der Waals surface area contributed by atoms with Crippen molar-refractivity contribution in [3.63, 3.8) is 0 Å². The van der Waals surface area contributed by atoms with E-state index in [1.807, 2.05) is 0 Å². The van der Waals surface area contributed by atoms with Gasteiger partial charge in [0.05, 0.1) is 6.10 Å². The Hall–Kier alpha value is -0.0800. The molecule has 0 saturated carbocycles. The molecule has 2 saturated heterocycles. The molecular formula is C9H17NO. The molecule has 2 heterocycles. The number of fused-ring (bicyclic) bond motifs is 1. The van der Waals surface area contributed by atoms with Crippen molar-refractivity contribution in [3.8, 4) is 0 Å². The summed E-state index contributed by atoms with van der Waals surface area (Å²) in [4.78, 5) is 2.47. The van der Waals surface area contributed by atoms with Gasteiger partial charge in [-0.05, 0) is 38.8 Å². The Kier molecular flexibility index (Phi) is 2.14. The number of rotatable bonds is 0. The molecule has 2 aliphatic rings. The van der Waals surface area contributed by atoms with E-state index in [9.17, 15) is 5.11 Å². The Morgan fingerprint density at radius 1 is 1.00 bits per heavy atom. The number of hydrogen-bond donors (Lipinski definition) is 1. The predicted molar refractivity (Wildman–Crippen MR) is 44.5 cm³/mol. The smallest absolute Gasteiger partial charge is 0.0695 e. The van der Waals surface area contributed by atoms with Crippen molar-refractivity contribution in [1.29, 1.82) is 0 Å². The molecule has 0 unspecified atom stereocenters. The zero-order valence-electron chi connectivity index (χ0n) is 7.00. The van der Waals surface area contributed by atoms with Crippen LogP contribution < -0.4 is 0 Å². The van der Waals surface area contributed by atoms with Gasteiger partial charge in [0.1, 0.15) is 0 Å². The van der Waals surface area contributed by atoms with E-state index in [1.54, 1.807) is 0 Å². The molecular weight excluding hydrogens is 138 g/mol. The average Bonchev–Trinajstić information content (AvgIpc) is 2.06. The van der Waals surface area contributed by atoms with Gasteiger partial charge in [-0.2, -0.15) is 0 Å². The zero-order chi connectivity index (χ0) is 7.68. The summed E-state index contributed by atoms with van der Waals surface area (Å²) >= 11 is 0. The van der Waals surface area contributed by atoms with Gasteiger partial charge in [-0.3, -0.25) is 4.90 Å². The molecule has 0 radical (unpaired) electrons. The third kappa shape index (κ3) is 1.42. The number of aliphatic hydroxyl groups is 1. The van der Waals surface area contributed by atoms with Crippen LogP contribution in [0, 0.1) is 0 Å². The topological polar surface area (TPSA) is 23.5 Å². The van der Waals surface area contributed by atoms with Crippen LogP contribution in [0.2, 0.25) is 0 Å². The monoisotopic (exact) mass is 155 g/mol. The number of aliphatic hydroxyl groups excluding tert-OH is 1. The summed E-state index contributed by atoms with van der Waals surface area (Å²) in [6, 6.07) is 0.512. The van der Waals surface area contributed by atoms with Gasteiger partial charge in [0.2, 0.25) is 0 Å². The second-order valence-electron chi connectivity index (χ2n) is 3.81. The summed E-state index contributed by atoms with van der Waals surface area (Å²) in [6.07, 6.45) is 6.07. The van der Waals surface area contributed by atoms with E-state index in [0.29, 0.717) is 6.04 Å². The fraction of sp³-hybridized carbons (Fsp3) is 1.00. The van der Waals surface area contributed by atoms with Gasteiger partial charge in [0, 0.05) is 6.04 Å². The minimum absolute atomic E-state index is 0.0240. The molecule has 2 fully saturated rings. The van der Waals surface area contributed by atoms with Crippen LogP contribution >= 0.6 is 0 Å². The van der Waals surface area contributed by atoms with Gasteiger partial charge < -0.3 is 5.11 Å². The highest BCUT2D eigenvalue weighted by Crippen LogP contribution is 2.25. The van der Waals surface area contributed by atoms with Crippen molar-refractivity contribution in [2.75, 3.05) is 13.1 Å².